The summed E-state index contributed by atoms with van der Waals surface area (Å²) in [7, 11) is 0. The van der Waals surface area contributed by atoms with Gasteiger partial charge in [-0.05, 0) is 31.0 Å². The molecule has 1 rings (SSSR count). The summed E-state index contributed by atoms with van der Waals surface area (Å²) in [6.45, 7) is 8.55. The smallest absolute Gasteiger partial charge is 0.0570 e. The Bertz CT molecular complexity index is 271. The van der Waals surface area contributed by atoms with Gasteiger partial charge in [0.05, 0.1) is 5.69 Å². The number of nitrogens with one attached hydrogen (secondary N) is 1. The molecule has 2 heteroatoms. The Balaban J connectivity index is 2.35. The van der Waals surface area contributed by atoms with Gasteiger partial charge in [0.15, 0.2) is 0 Å². The second-order valence-corrected chi connectivity index (χ2v) is 3.91. The summed E-state index contributed by atoms with van der Waals surface area (Å²) in [6, 6.07) is 4.08. The van der Waals surface area contributed by atoms with E-state index < -0.39 is 0 Å². The van der Waals surface area contributed by atoms with Crippen LogP contribution < -0.4 is 5.32 Å². The molecule has 1 unspecified atom stereocenters. The molecule has 1 aromatic heterocycles. The molecule has 0 saturated heterocycles. The first-order valence-electron chi connectivity index (χ1n) is 5.35. The van der Waals surface area contributed by atoms with Gasteiger partial charge in [0.1, 0.15) is 0 Å². The minimum absolute atomic E-state index is 0.749. The molecule has 1 N–H and O–H groups in total. The summed E-state index contributed by atoms with van der Waals surface area (Å²) in [6.07, 6.45) is 3.08. The van der Waals surface area contributed by atoms with E-state index in [-0.39, 0.29) is 0 Å². The van der Waals surface area contributed by atoms with Gasteiger partial charge >= 0.3 is 0 Å². The van der Waals surface area contributed by atoms with Crippen molar-refractivity contribution in [1.82, 2.24) is 10.3 Å². The van der Waals surface area contributed by atoms with Gasteiger partial charge in [-0.2, -0.15) is 0 Å². The molecule has 1 heterocycles. The highest BCUT2D eigenvalue weighted by molar-refractivity contribution is 5.17. The highest BCUT2D eigenvalue weighted by atomic mass is 14.9. The Morgan fingerprint density at radius 1 is 1.50 bits per heavy atom. The van der Waals surface area contributed by atoms with Crippen LogP contribution in [0, 0.1) is 12.8 Å². The van der Waals surface area contributed by atoms with Crippen LogP contribution in [0.1, 0.15) is 31.5 Å². The largest absolute Gasteiger partial charge is 0.311 e. The van der Waals surface area contributed by atoms with Crippen molar-refractivity contribution in [1.29, 1.82) is 0 Å². The zero-order valence-corrected chi connectivity index (χ0v) is 9.38. The Labute approximate surface area is 86.8 Å². The number of hydrogen-bond acceptors (Lipinski definition) is 2. The molecular weight excluding hydrogens is 172 g/mol. The van der Waals surface area contributed by atoms with E-state index in [9.17, 15) is 0 Å². The zero-order valence-electron chi connectivity index (χ0n) is 9.38. The van der Waals surface area contributed by atoms with Crippen LogP contribution in [0.25, 0.3) is 0 Å². The van der Waals surface area contributed by atoms with Crippen LogP contribution in [-0.2, 0) is 6.54 Å². The summed E-state index contributed by atoms with van der Waals surface area (Å²) < 4.78 is 0. The lowest BCUT2D eigenvalue weighted by Crippen LogP contribution is -2.21. The van der Waals surface area contributed by atoms with E-state index in [1.165, 1.54) is 12.0 Å². The van der Waals surface area contributed by atoms with Crippen LogP contribution in [0.3, 0.4) is 0 Å². The van der Waals surface area contributed by atoms with Gasteiger partial charge in [0.2, 0.25) is 0 Å². The van der Waals surface area contributed by atoms with Crippen molar-refractivity contribution in [2.45, 2.75) is 33.7 Å². The lowest BCUT2D eigenvalue weighted by molar-refractivity contribution is 0.497. The topological polar surface area (TPSA) is 24.9 Å². The summed E-state index contributed by atoms with van der Waals surface area (Å²) in [5.41, 5.74) is 2.43. The van der Waals surface area contributed by atoms with E-state index >= 15 is 0 Å². The quantitative estimate of drug-likeness (QED) is 0.775. The fourth-order valence-corrected chi connectivity index (χ4v) is 1.28. The first kappa shape index (κ1) is 11.2. The third kappa shape index (κ3) is 3.46. The molecule has 1 atom stereocenters. The summed E-state index contributed by atoms with van der Waals surface area (Å²) in [4.78, 5) is 4.34. The van der Waals surface area contributed by atoms with Crippen LogP contribution in [0.4, 0.5) is 0 Å². The van der Waals surface area contributed by atoms with Crippen molar-refractivity contribution in [2.24, 2.45) is 5.92 Å². The van der Waals surface area contributed by atoms with Crippen LogP contribution in [0.15, 0.2) is 18.3 Å². The predicted molar refractivity (Wildman–Crippen MR) is 60.1 cm³/mol. The third-order valence-corrected chi connectivity index (χ3v) is 2.60. The van der Waals surface area contributed by atoms with Gasteiger partial charge < -0.3 is 5.32 Å². The van der Waals surface area contributed by atoms with Gasteiger partial charge in [-0.15, -0.1) is 0 Å². The molecule has 0 saturated carbocycles. The maximum Gasteiger partial charge on any atom is 0.0570 e. The SMILES string of the molecule is CCC(C)CNCc1ncccc1C. The minimum Gasteiger partial charge on any atom is -0.311 e. The monoisotopic (exact) mass is 192 g/mol. The first-order chi connectivity index (χ1) is 6.74. The number of rotatable bonds is 5. The third-order valence-electron chi connectivity index (χ3n) is 2.60. The minimum atomic E-state index is 0.749. The molecule has 0 radical (unpaired) electrons. The molecule has 78 valence electrons. The van der Waals surface area contributed by atoms with Crippen molar-refractivity contribution in [3.05, 3.63) is 29.6 Å². The Morgan fingerprint density at radius 2 is 2.29 bits per heavy atom. The number of nitrogens with zero attached hydrogens (tertiary/aromatic N) is 1. The molecule has 14 heavy (non-hydrogen) atoms. The van der Waals surface area contributed by atoms with Crippen molar-refractivity contribution < 1.29 is 0 Å². The molecule has 0 bridgehead atoms. The van der Waals surface area contributed by atoms with Crippen LogP contribution >= 0.6 is 0 Å². The molecule has 0 aliphatic carbocycles. The van der Waals surface area contributed by atoms with Crippen molar-refractivity contribution in [3.8, 4) is 0 Å². The summed E-state index contributed by atoms with van der Waals surface area (Å²) in [5.74, 6) is 0.749. The number of aryl methyl sites for hydroxylation is 1. The molecule has 2 nitrogen and oxygen atoms in total. The molecular formula is C12H20N2. The molecule has 0 amide bonds. The molecule has 0 aliphatic heterocycles. The van der Waals surface area contributed by atoms with E-state index in [2.05, 4.69) is 37.1 Å². The second-order valence-electron chi connectivity index (χ2n) is 3.91. The summed E-state index contributed by atoms with van der Waals surface area (Å²) >= 11 is 0. The lowest BCUT2D eigenvalue weighted by Gasteiger charge is -2.10. The molecule has 0 fully saturated rings. The lowest BCUT2D eigenvalue weighted by atomic mass is 10.1. The molecule has 0 aromatic carbocycles. The molecule has 0 aliphatic rings. The van der Waals surface area contributed by atoms with Crippen LogP contribution in [0.2, 0.25) is 0 Å². The number of pyridine rings is 1. The Morgan fingerprint density at radius 3 is 2.93 bits per heavy atom. The summed E-state index contributed by atoms with van der Waals surface area (Å²) in [5, 5.41) is 3.43. The van der Waals surface area contributed by atoms with Gasteiger partial charge in [-0.3, -0.25) is 4.98 Å². The fourth-order valence-electron chi connectivity index (χ4n) is 1.28. The average molecular weight is 192 g/mol. The number of aromatic nitrogens is 1. The standard InChI is InChI=1S/C12H20N2/c1-4-10(2)8-13-9-12-11(3)6-5-7-14-12/h5-7,10,13H,4,8-9H2,1-3H3. The van der Waals surface area contributed by atoms with E-state index in [1.54, 1.807) is 0 Å². The van der Waals surface area contributed by atoms with Crippen molar-refractivity contribution >= 4 is 0 Å². The molecule has 0 spiro atoms. The van der Waals surface area contributed by atoms with Gasteiger partial charge in [0.25, 0.3) is 0 Å². The van der Waals surface area contributed by atoms with Crippen molar-refractivity contribution in [3.63, 3.8) is 0 Å². The average Bonchev–Trinajstić information content (AvgIpc) is 2.20. The zero-order chi connectivity index (χ0) is 10.4. The highest BCUT2D eigenvalue weighted by Gasteiger charge is 2.00. The van der Waals surface area contributed by atoms with Crippen LogP contribution in [-0.4, -0.2) is 11.5 Å². The molecule has 1 aromatic rings. The van der Waals surface area contributed by atoms with E-state index in [1.807, 2.05) is 12.3 Å². The normalized spacial score (nSPS) is 12.8. The van der Waals surface area contributed by atoms with Crippen LogP contribution in [0.5, 0.6) is 0 Å². The highest BCUT2D eigenvalue weighted by Crippen LogP contribution is 2.03. The first-order valence-corrected chi connectivity index (χ1v) is 5.35. The van der Waals surface area contributed by atoms with E-state index in [4.69, 9.17) is 0 Å². The van der Waals surface area contributed by atoms with E-state index in [0.29, 0.717) is 0 Å². The van der Waals surface area contributed by atoms with Crippen molar-refractivity contribution in [2.75, 3.05) is 6.54 Å². The van der Waals surface area contributed by atoms with Gasteiger partial charge in [-0.25, -0.2) is 0 Å². The van der Waals surface area contributed by atoms with Gasteiger partial charge in [-0.1, -0.05) is 26.3 Å². The Hall–Kier alpha value is -0.890. The predicted octanol–water partition coefficient (Wildman–Crippen LogP) is 2.53. The number of hydrogen-bond donors (Lipinski definition) is 1. The van der Waals surface area contributed by atoms with Gasteiger partial charge in [0, 0.05) is 12.7 Å². The maximum absolute atomic E-state index is 4.34. The maximum atomic E-state index is 4.34. The fraction of sp³-hybridized carbons (Fsp3) is 0.583. The Kier molecular flexibility index (Phi) is 4.60. The van der Waals surface area contributed by atoms with E-state index in [0.717, 1.165) is 24.7 Å². The second kappa shape index (κ2) is 5.76.